The summed E-state index contributed by atoms with van der Waals surface area (Å²) in [7, 11) is 1.59. The second-order valence-electron chi connectivity index (χ2n) is 7.18. The van der Waals surface area contributed by atoms with E-state index in [1.807, 2.05) is 55.5 Å². The minimum atomic E-state index is -0.529. The lowest BCUT2D eigenvalue weighted by molar-refractivity contribution is -0.129. The smallest absolute Gasteiger partial charge is 0.363 e. The first-order valence-electron chi connectivity index (χ1n) is 10.3. The molecule has 0 unspecified atom stereocenters. The molecule has 0 saturated carbocycles. The van der Waals surface area contributed by atoms with Gasteiger partial charge in [0.1, 0.15) is 19.0 Å². The van der Waals surface area contributed by atoms with E-state index in [-0.39, 0.29) is 18.2 Å². The zero-order chi connectivity index (χ0) is 23.2. The van der Waals surface area contributed by atoms with Gasteiger partial charge in [0.2, 0.25) is 5.90 Å². The molecule has 3 aromatic rings. The van der Waals surface area contributed by atoms with E-state index in [1.165, 1.54) is 0 Å². The van der Waals surface area contributed by atoms with Gasteiger partial charge in [0, 0.05) is 16.1 Å². The van der Waals surface area contributed by atoms with Gasteiger partial charge in [-0.05, 0) is 55.0 Å². The van der Waals surface area contributed by atoms with E-state index in [1.54, 1.807) is 31.4 Å². The number of hydrogen-bond donors (Lipinski definition) is 0. The highest BCUT2D eigenvalue weighted by atomic mass is 35.5. The van der Waals surface area contributed by atoms with Crippen molar-refractivity contribution in [3.8, 4) is 17.2 Å². The van der Waals surface area contributed by atoms with Crippen molar-refractivity contribution in [3.05, 3.63) is 94.1 Å². The van der Waals surface area contributed by atoms with Gasteiger partial charge in [-0.2, -0.15) is 0 Å². The number of cyclic esters (lactones) is 1. The summed E-state index contributed by atoms with van der Waals surface area (Å²) in [6.07, 6.45) is 1.61. The van der Waals surface area contributed by atoms with Gasteiger partial charge >= 0.3 is 5.97 Å². The SMILES string of the molecule is COc1ccccc1OCCOc1ccc(Cl)cc1/C=C1/N=C(c2ccccc2C)OC1=O. The van der Waals surface area contributed by atoms with Crippen LogP contribution in [-0.4, -0.2) is 32.2 Å². The molecule has 7 heteroatoms. The third-order valence-corrected chi connectivity index (χ3v) is 5.16. The van der Waals surface area contributed by atoms with Crippen LogP contribution in [0, 0.1) is 6.92 Å². The number of benzene rings is 3. The van der Waals surface area contributed by atoms with Gasteiger partial charge in [0.25, 0.3) is 0 Å². The number of esters is 1. The van der Waals surface area contributed by atoms with E-state index >= 15 is 0 Å². The number of rotatable bonds is 8. The number of methoxy groups -OCH3 is 1. The highest BCUT2D eigenvalue weighted by Crippen LogP contribution is 2.29. The summed E-state index contributed by atoms with van der Waals surface area (Å²) in [6.45, 7) is 2.51. The molecule has 0 spiro atoms. The second-order valence-corrected chi connectivity index (χ2v) is 7.62. The molecular formula is C26H22ClNO5. The Morgan fingerprint density at radius 3 is 2.39 bits per heavy atom. The number of halogens is 1. The summed E-state index contributed by atoms with van der Waals surface area (Å²) in [4.78, 5) is 16.8. The number of carbonyl (C=O) groups excluding carboxylic acids is 1. The quantitative estimate of drug-likeness (QED) is 0.252. The Kier molecular flexibility index (Phi) is 6.95. The molecule has 3 aromatic carbocycles. The van der Waals surface area contributed by atoms with Crippen LogP contribution in [0.15, 0.2) is 77.4 Å². The average Bonchev–Trinajstić information content (AvgIpc) is 3.18. The van der Waals surface area contributed by atoms with Crippen LogP contribution in [0.5, 0.6) is 17.2 Å². The molecule has 168 valence electrons. The lowest BCUT2D eigenvalue weighted by atomic mass is 10.1. The maximum absolute atomic E-state index is 12.4. The number of nitrogens with zero attached hydrogens (tertiary/aromatic N) is 1. The Morgan fingerprint density at radius 2 is 1.64 bits per heavy atom. The molecule has 1 aliphatic rings. The fourth-order valence-corrected chi connectivity index (χ4v) is 3.47. The standard InChI is InChI=1S/C26H22ClNO5/c1-17-7-3-4-8-20(17)25-28-21(26(29)33-25)16-18-15-19(27)11-12-22(18)31-13-14-32-24-10-6-5-9-23(24)30-2/h3-12,15-16H,13-14H2,1-2H3/b21-16+. The molecule has 0 radical (unpaired) electrons. The lowest BCUT2D eigenvalue weighted by Crippen LogP contribution is -2.10. The summed E-state index contributed by atoms with van der Waals surface area (Å²) in [6, 6.07) is 20.1. The van der Waals surface area contributed by atoms with E-state index in [4.69, 9.17) is 30.5 Å². The normalized spacial score (nSPS) is 14.1. The number of carbonyl (C=O) groups is 1. The van der Waals surface area contributed by atoms with Gasteiger partial charge in [0.05, 0.1) is 7.11 Å². The number of para-hydroxylation sites is 2. The fraction of sp³-hybridized carbons (Fsp3) is 0.154. The number of hydrogen-bond acceptors (Lipinski definition) is 6. The second kappa shape index (κ2) is 10.2. The van der Waals surface area contributed by atoms with Crippen molar-refractivity contribution in [1.82, 2.24) is 0 Å². The molecule has 0 N–H and O–H groups in total. The van der Waals surface area contributed by atoms with Crippen molar-refractivity contribution in [2.75, 3.05) is 20.3 Å². The molecule has 4 rings (SSSR count). The maximum Gasteiger partial charge on any atom is 0.363 e. The number of aryl methyl sites for hydroxylation is 1. The largest absolute Gasteiger partial charge is 0.493 e. The van der Waals surface area contributed by atoms with Gasteiger partial charge in [-0.25, -0.2) is 9.79 Å². The third kappa shape index (κ3) is 5.35. The minimum absolute atomic E-state index is 0.172. The van der Waals surface area contributed by atoms with Gasteiger partial charge in [-0.15, -0.1) is 0 Å². The molecule has 0 aliphatic carbocycles. The first kappa shape index (κ1) is 22.4. The van der Waals surface area contributed by atoms with Crippen molar-refractivity contribution in [2.24, 2.45) is 4.99 Å². The molecule has 0 amide bonds. The maximum atomic E-state index is 12.4. The summed E-state index contributed by atoms with van der Waals surface area (Å²) in [5.74, 6) is 1.57. The van der Waals surface area contributed by atoms with Crippen LogP contribution in [0.1, 0.15) is 16.7 Å². The van der Waals surface area contributed by atoms with Crippen molar-refractivity contribution in [2.45, 2.75) is 6.92 Å². The molecule has 0 aromatic heterocycles. The Balaban J connectivity index is 1.49. The van der Waals surface area contributed by atoms with Crippen LogP contribution in [0.2, 0.25) is 5.02 Å². The first-order chi connectivity index (χ1) is 16.0. The van der Waals surface area contributed by atoms with E-state index in [9.17, 15) is 4.79 Å². The molecule has 33 heavy (non-hydrogen) atoms. The zero-order valence-corrected chi connectivity index (χ0v) is 19.0. The Hall–Kier alpha value is -3.77. The molecule has 0 fully saturated rings. The number of ether oxygens (including phenoxy) is 4. The third-order valence-electron chi connectivity index (χ3n) is 4.93. The van der Waals surface area contributed by atoms with Crippen LogP contribution in [0.25, 0.3) is 6.08 Å². The summed E-state index contributed by atoms with van der Waals surface area (Å²) in [5, 5.41) is 0.508. The van der Waals surface area contributed by atoms with Crippen molar-refractivity contribution in [3.63, 3.8) is 0 Å². The van der Waals surface area contributed by atoms with Crippen LogP contribution in [0.4, 0.5) is 0 Å². The Morgan fingerprint density at radius 1 is 0.939 bits per heavy atom. The summed E-state index contributed by atoms with van der Waals surface area (Å²) in [5.41, 5.74) is 2.52. The van der Waals surface area contributed by atoms with Crippen LogP contribution >= 0.6 is 11.6 Å². The first-order valence-corrected chi connectivity index (χ1v) is 10.7. The van der Waals surface area contributed by atoms with E-state index < -0.39 is 5.97 Å². The van der Waals surface area contributed by atoms with Crippen molar-refractivity contribution >= 4 is 29.5 Å². The van der Waals surface area contributed by atoms with Gasteiger partial charge in [-0.3, -0.25) is 0 Å². The molecule has 1 aliphatic heterocycles. The highest BCUT2D eigenvalue weighted by molar-refractivity contribution is 6.30. The minimum Gasteiger partial charge on any atom is -0.493 e. The van der Waals surface area contributed by atoms with E-state index in [0.29, 0.717) is 34.4 Å². The molecular weight excluding hydrogens is 442 g/mol. The van der Waals surface area contributed by atoms with Gasteiger partial charge < -0.3 is 18.9 Å². The predicted octanol–water partition coefficient (Wildman–Crippen LogP) is 5.46. The lowest BCUT2D eigenvalue weighted by Gasteiger charge is -2.12. The van der Waals surface area contributed by atoms with E-state index in [2.05, 4.69) is 4.99 Å². The highest BCUT2D eigenvalue weighted by Gasteiger charge is 2.25. The Bertz CT molecular complexity index is 1230. The molecule has 1 heterocycles. The average molecular weight is 464 g/mol. The molecule has 0 atom stereocenters. The van der Waals surface area contributed by atoms with Crippen molar-refractivity contribution < 1.29 is 23.7 Å². The van der Waals surface area contributed by atoms with Crippen LogP contribution in [-0.2, 0) is 9.53 Å². The van der Waals surface area contributed by atoms with Crippen LogP contribution in [0.3, 0.4) is 0 Å². The fourth-order valence-electron chi connectivity index (χ4n) is 3.29. The van der Waals surface area contributed by atoms with Crippen molar-refractivity contribution in [1.29, 1.82) is 0 Å². The Labute approximate surface area is 197 Å². The van der Waals surface area contributed by atoms with Gasteiger partial charge in [-0.1, -0.05) is 41.9 Å². The molecule has 6 nitrogen and oxygen atoms in total. The van der Waals surface area contributed by atoms with E-state index in [0.717, 1.165) is 11.1 Å². The molecule has 0 bridgehead atoms. The zero-order valence-electron chi connectivity index (χ0n) is 18.2. The predicted molar refractivity (Wildman–Crippen MR) is 127 cm³/mol. The monoisotopic (exact) mass is 463 g/mol. The molecule has 0 saturated heterocycles. The summed E-state index contributed by atoms with van der Waals surface area (Å²) < 4.78 is 22.3. The van der Waals surface area contributed by atoms with Gasteiger partial charge in [0.15, 0.2) is 17.2 Å². The topological polar surface area (TPSA) is 66.3 Å². The summed E-state index contributed by atoms with van der Waals surface area (Å²) >= 11 is 6.18. The van der Waals surface area contributed by atoms with Crippen LogP contribution < -0.4 is 14.2 Å². The number of aliphatic imine (C=N–C) groups is 1.